The molecule has 0 aromatic heterocycles. The van der Waals surface area contributed by atoms with Crippen molar-refractivity contribution in [1.82, 2.24) is 4.90 Å². The molecule has 0 aliphatic carbocycles. The number of hydrogen-bond donors (Lipinski definition) is 0. The number of fused-ring (bicyclic) bond motifs is 1. The lowest BCUT2D eigenvalue weighted by Gasteiger charge is -2.18. The van der Waals surface area contributed by atoms with E-state index in [1.807, 2.05) is 6.08 Å². The Morgan fingerprint density at radius 2 is 1.82 bits per heavy atom. The van der Waals surface area contributed by atoms with Crippen LogP contribution in [-0.4, -0.2) is 29.4 Å². The number of hydrogen-bond acceptors (Lipinski definition) is 3. The summed E-state index contributed by atoms with van der Waals surface area (Å²) in [6.45, 7) is 0.319. The predicted molar refractivity (Wildman–Crippen MR) is 60.4 cm³/mol. The summed E-state index contributed by atoms with van der Waals surface area (Å²) in [5.41, 5.74) is 0.979. The van der Waals surface area contributed by atoms with Gasteiger partial charge in [0, 0.05) is 6.42 Å². The molecule has 2 amide bonds. The maximum Gasteiger partial charge on any atom is 0.261 e. The molecule has 3 rings (SSSR count). The second-order valence-electron chi connectivity index (χ2n) is 4.13. The lowest BCUT2D eigenvalue weighted by Crippen LogP contribution is -2.36. The van der Waals surface area contributed by atoms with Gasteiger partial charge >= 0.3 is 0 Å². The molecule has 0 spiro atoms. The quantitative estimate of drug-likeness (QED) is 0.723. The van der Waals surface area contributed by atoms with Crippen LogP contribution in [0.25, 0.3) is 0 Å². The van der Waals surface area contributed by atoms with E-state index in [-0.39, 0.29) is 17.9 Å². The first-order valence-electron chi connectivity index (χ1n) is 5.53. The van der Waals surface area contributed by atoms with Crippen molar-refractivity contribution < 1.29 is 14.3 Å². The molecule has 0 saturated carbocycles. The first kappa shape index (κ1) is 10.1. The van der Waals surface area contributed by atoms with Gasteiger partial charge in [0.05, 0.1) is 23.9 Å². The zero-order valence-corrected chi connectivity index (χ0v) is 9.13. The minimum atomic E-state index is -0.221. The third-order valence-corrected chi connectivity index (χ3v) is 3.03. The molecule has 2 aliphatic heterocycles. The number of nitrogens with zero attached hydrogens (tertiary/aromatic N) is 1. The minimum Gasteiger partial charge on any atom is -0.496 e. The van der Waals surface area contributed by atoms with Gasteiger partial charge in [-0.15, -0.1) is 0 Å². The van der Waals surface area contributed by atoms with Crippen LogP contribution >= 0.6 is 0 Å². The fraction of sp³-hybridized carbons (Fsp3) is 0.231. The molecule has 0 unspecified atom stereocenters. The van der Waals surface area contributed by atoms with Crippen molar-refractivity contribution in [1.29, 1.82) is 0 Å². The summed E-state index contributed by atoms with van der Waals surface area (Å²) in [5, 5.41) is 0. The predicted octanol–water partition coefficient (Wildman–Crippen LogP) is 1.59. The molecule has 4 nitrogen and oxygen atoms in total. The molecule has 0 radical (unpaired) electrons. The second-order valence-corrected chi connectivity index (χ2v) is 4.13. The Labute approximate surface area is 98.5 Å². The van der Waals surface area contributed by atoms with Gasteiger partial charge in [0.25, 0.3) is 11.8 Å². The van der Waals surface area contributed by atoms with Crippen LogP contribution in [0.5, 0.6) is 0 Å². The van der Waals surface area contributed by atoms with E-state index in [0.717, 1.165) is 6.42 Å². The number of ether oxygens (including phenoxy) is 1. The van der Waals surface area contributed by atoms with Gasteiger partial charge in [-0.2, -0.15) is 0 Å². The summed E-state index contributed by atoms with van der Waals surface area (Å²) in [6.07, 6.45) is 4.15. The highest BCUT2D eigenvalue weighted by Gasteiger charge is 2.36. The van der Waals surface area contributed by atoms with Crippen molar-refractivity contribution in [2.75, 3.05) is 6.54 Å². The fourth-order valence-corrected chi connectivity index (χ4v) is 2.16. The monoisotopic (exact) mass is 229 g/mol. The molecular weight excluding hydrogens is 218 g/mol. The van der Waals surface area contributed by atoms with Crippen LogP contribution < -0.4 is 0 Å². The third kappa shape index (κ3) is 1.53. The molecule has 0 saturated heterocycles. The van der Waals surface area contributed by atoms with Crippen LogP contribution in [0, 0.1) is 0 Å². The summed E-state index contributed by atoms with van der Waals surface area (Å²) in [4.78, 5) is 25.3. The van der Waals surface area contributed by atoms with E-state index in [1.165, 1.54) is 4.90 Å². The van der Waals surface area contributed by atoms with E-state index in [4.69, 9.17) is 4.74 Å². The molecule has 86 valence electrons. The van der Waals surface area contributed by atoms with Crippen molar-refractivity contribution in [3.05, 3.63) is 47.7 Å². The largest absolute Gasteiger partial charge is 0.496 e. The SMILES string of the molecule is O=C1c2ccccc2C(=O)N1C[C@@H]1CC=CO1. The van der Waals surface area contributed by atoms with Crippen LogP contribution in [-0.2, 0) is 4.74 Å². The number of carbonyl (C=O) groups is 2. The topological polar surface area (TPSA) is 46.6 Å². The van der Waals surface area contributed by atoms with Crippen LogP contribution in [0.3, 0.4) is 0 Å². The molecule has 0 N–H and O–H groups in total. The normalized spacial score (nSPS) is 21.9. The third-order valence-electron chi connectivity index (χ3n) is 3.03. The van der Waals surface area contributed by atoms with Crippen molar-refractivity contribution in [3.63, 3.8) is 0 Å². The molecule has 2 aliphatic rings. The number of benzene rings is 1. The van der Waals surface area contributed by atoms with Crippen LogP contribution in [0.15, 0.2) is 36.6 Å². The van der Waals surface area contributed by atoms with Crippen LogP contribution in [0.2, 0.25) is 0 Å². The van der Waals surface area contributed by atoms with Gasteiger partial charge in [-0.3, -0.25) is 14.5 Å². The molecule has 0 fully saturated rings. The van der Waals surface area contributed by atoms with Crippen molar-refractivity contribution in [2.45, 2.75) is 12.5 Å². The van der Waals surface area contributed by atoms with Gasteiger partial charge in [-0.05, 0) is 18.2 Å². The fourth-order valence-electron chi connectivity index (χ4n) is 2.16. The highest BCUT2D eigenvalue weighted by molar-refractivity contribution is 6.21. The summed E-state index contributed by atoms with van der Waals surface area (Å²) in [6, 6.07) is 6.90. The van der Waals surface area contributed by atoms with Gasteiger partial charge < -0.3 is 4.74 Å². The molecular formula is C13H11NO3. The maximum absolute atomic E-state index is 12.0. The highest BCUT2D eigenvalue weighted by Crippen LogP contribution is 2.24. The Bertz CT molecular complexity index is 478. The highest BCUT2D eigenvalue weighted by atomic mass is 16.5. The Morgan fingerprint density at radius 1 is 1.18 bits per heavy atom. The zero-order chi connectivity index (χ0) is 11.8. The van der Waals surface area contributed by atoms with E-state index in [9.17, 15) is 9.59 Å². The molecule has 17 heavy (non-hydrogen) atoms. The second kappa shape index (κ2) is 3.73. The lowest BCUT2D eigenvalue weighted by atomic mass is 10.1. The van der Waals surface area contributed by atoms with Crippen LogP contribution in [0.1, 0.15) is 27.1 Å². The average molecular weight is 229 g/mol. The molecule has 1 aromatic carbocycles. The molecule has 0 bridgehead atoms. The molecule has 1 atom stereocenters. The summed E-state index contributed by atoms with van der Waals surface area (Å²) in [5.74, 6) is -0.442. The van der Waals surface area contributed by atoms with E-state index in [1.54, 1.807) is 30.5 Å². The van der Waals surface area contributed by atoms with Gasteiger partial charge in [-0.1, -0.05) is 12.1 Å². The summed E-state index contributed by atoms with van der Waals surface area (Å²) < 4.78 is 5.28. The van der Waals surface area contributed by atoms with Gasteiger partial charge in [0.1, 0.15) is 6.10 Å². The maximum atomic E-state index is 12.0. The lowest BCUT2D eigenvalue weighted by molar-refractivity contribution is 0.0549. The van der Waals surface area contributed by atoms with E-state index < -0.39 is 0 Å². The number of amides is 2. The van der Waals surface area contributed by atoms with Gasteiger partial charge in [0.2, 0.25) is 0 Å². The standard InChI is InChI=1S/C13H11NO3/c15-12-10-5-1-2-6-11(10)13(16)14(12)8-9-4-3-7-17-9/h1-3,5-7,9H,4,8H2/t9-/m0/s1. The Morgan fingerprint density at radius 3 is 2.35 bits per heavy atom. The Hall–Kier alpha value is -2.10. The minimum absolute atomic E-state index is 0.0998. The number of carbonyl (C=O) groups excluding carboxylic acids is 2. The van der Waals surface area contributed by atoms with Crippen molar-refractivity contribution in [2.24, 2.45) is 0 Å². The summed E-state index contributed by atoms with van der Waals surface area (Å²) in [7, 11) is 0. The molecule has 1 aromatic rings. The van der Waals surface area contributed by atoms with Gasteiger partial charge in [0.15, 0.2) is 0 Å². The number of rotatable bonds is 2. The van der Waals surface area contributed by atoms with Crippen LogP contribution in [0.4, 0.5) is 0 Å². The molecule has 4 heteroatoms. The zero-order valence-electron chi connectivity index (χ0n) is 9.13. The Kier molecular flexibility index (Phi) is 2.21. The van der Waals surface area contributed by atoms with Crippen molar-refractivity contribution >= 4 is 11.8 Å². The van der Waals surface area contributed by atoms with E-state index in [2.05, 4.69) is 0 Å². The molecule has 2 heterocycles. The van der Waals surface area contributed by atoms with Crippen molar-refractivity contribution in [3.8, 4) is 0 Å². The first-order valence-corrected chi connectivity index (χ1v) is 5.53. The summed E-state index contributed by atoms with van der Waals surface area (Å²) >= 11 is 0. The van der Waals surface area contributed by atoms with E-state index in [0.29, 0.717) is 17.7 Å². The van der Waals surface area contributed by atoms with Gasteiger partial charge in [-0.25, -0.2) is 0 Å². The smallest absolute Gasteiger partial charge is 0.261 e. The first-order chi connectivity index (χ1) is 8.27. The number of imide groups is 1. The average Bonchev–Trinajstić information content (AvgIpc) is 2.94. The van der Waals surface area contributed by atoms with E-state index >= 15 is 0 Å². The Balaban J connectivity index is 1.85.